The molecule has 1 aliphatic heterocycles. The lowest BCUT2D eigenvalue weighted by atomic mass is 10.0. The first-order valence-corrected chi connectivity index (χ1v) is 9.11. The third-order valence-electron chi connectivity index (χ3n) is 4.71. The molecule has 2 aromatic rings. The third kappa shape index (κ3) is 5.43. The van der Waals surface area contributed by atoms with Gasteiger partial charge in [-0.25, -0.2) is 0 Å². The van der Waals surface area contributed by atoms with Crippen molar-refractivity contribution < 1.29 is 9.53 Å². The number of benzene rings is 1. The van der Waals surface area contributed by atoms with Crippen LogP contribution in [0.5, 0.6) is 0 Å². The van der Waals surface area contributed by atoms with Crippen LogP contribution in [0.1, 0.15) is 30.4 Å². The van der Waals surface area contributed by atoms with E-state index in [0.717, 1.165) is 37.8 Å². The minimum absolute atomic E-state index is 0.166. The molecule has 0 unspecified atom stereocenters. The molecule has 3 rings (SSSR count). The van der Waals surface area contributed by atoms with Crippen LogP contribution in [0.25, 0.3) is 0 Å². The first-order valence-electron chi connectivity index (χ1n) is 9.11. The fraction of sp³-hybridized carbons (Fsp3) is 0.500. The molecule has 1 amide bonds. The zero-order valence-electron chi connectivity index (χ0n) is 14.9. The second-order valence-electron chi connectivity index (χ2n) is 6.73. The monoisotopic (exact) mass is 341 g/mol. The number of ether oxygens (including phenoxy) is 1. The first kappa shape index (κ1) is 17.7. The zero-order chi connectivity index (χ0) is 17.5. The van der Waals surface area contributed by atoms with E-state index in [1.165, 1.54) is 5.56 Å². The molecule has 1 fully saturated rings. The van der Waals surface area contributed by atoms with Crippen molar-refractivity contribution in [3.8, 4) is 0 Å². The van der Waals surface area contributed by atoms with Gasteiger partial charge in [0.15, 0.2) is 0 Å². The average molecular weight is 341 g/mol. The average Bonchev–Trinajstić information content (AvgIpc) is 3.06. The van der Waals surface area contributed by atoms with Crippen LogP contribution in [0.15, 0.2) is 42.7 Å². The van der Waals surface area contributed by atoms with Crippen LogP contribution < -0.4 is 0 Å². The fourth-order valence-electron chi connectivity index (χ4n) is 3.31. The molecular formula is C20H27N3O2. The number of aromatic nitrogens is 2. The Labute approximate surface area is 149 Å². The number of aryl methyl sites for hydroxylation is 3. The molecule has 0 aliphatic carbocycles. The minimum Gasteiger partial charge on any atom is -0.375 e. The van der Waals surface area contributed by atoms with Gasteiger partial charge < -0.3 is 9.64 Å². The summed E-state index contributed by atoms with van der Waals surface area (Å²) in [6.07, 6.45) is 8.42. The van der Waals surface area contributed by atoms with E-state index in [4.69, 9.17) is 4.74 Å². The van der Waals surface area contributed by atoms with Gasteiger partial charge in [0.1, 0.15) is 0 Å². The summed E-state index contributed by atoms with van der Waals surface area (Å²) in [5.74, 6) is 0.222. The van der Waals surface area contributed by atoms with Gasteiger partial charge in [0.2, 0.25) is 5.91 Å². The van der Waals surface area contributed by atoms with Gasteiger partial charge in [-0.3, -0.25) is 9.48 Å². The van der Waals surface area contributed by atoms with Gasteiger partial charge in [0, 0.05) is 32.8 Å². The lowest BCUT2D eigenvalue weighted by Crippen LogP contribution is -2.45. The molecule has 5 heteroatoms. The van der Waals surface area contributed by atoms with Crippen LogP contribution in [0.2, 0.25) is 0 Å². The number of carbonyl (C=O) groups is 1. The predicted molar refractivity (Wildman–Crippen MR) is 97.2 cm³/mol. The number of hydrogen-bond donors (Lipinski definition) is 0. The van der Waals surface area contributed by atoms with Gasteiger partial charge in [-0.1, -0.05) is 30.3 Å². The summed E-state index contributed by atoms with van der Waals surface area (Å²) in [5, 5.41) is 4.15. The largest absolute Gasteiger partial charge is 0.375 e. The van der Waals surface area contributed by atoms with E-state index in [9.17, 15) is 4.79 Å². The molecule has 1 atom stereocenters. The molecule has 1 saturated heterocycles. The smallest absolute Gasteiger partial charge is 0.223 e. The predicted octanol–water partition coefficient (Wildman–Crippen LogP) is 2.60. The molecule has 2 heterocycles. The van der Waals surface area contributed by atoms with Crippen LogP contribution in [0.3, 0.4) is 0 Å². The Kier molecular flexibility index (Phi) is 6.23. The van der Waals surface area contributed by atoms with Crippen LogP contribution in [-0.2, 0) is 29.4 Å². The standard InChI is InChI=1S/C20H27N3O2/c1-22-15-18(14-21-22)10-11-20(24)23-12-13-25-19(16-23)9-5-8-17-6-3-2-4-7-17/h2-4,6-7,14-15,19H,5,8-13,16H2,1H3/t19-/m1/s1. The van der Waals surface area contributed by atoms with E-state index in [-0.39, 0.29) is 12.0 Å². The van der Waals surface area contributed by atoms with E-state index in [0.29, 0.717) is 19.6 Å². The lowest BCUT2D eigenvalue weighted by molar-refractivity contribution is -0.139. The van der Waals surface area contributed by atoms with Gasteiger partial charge in [0.05, 0.1) is 18.9 Å². The van der Waals surface area contributed by atoms with E-state index < -0.39 is 0 Å². The van der Waals surface area contributed by atoms with Crippen LogP contribution in [0.4, 0.5) is 0 Å². The normalized spacial score (nSPS) is 17.6. The molecule has 0 N–H and O–H groups in total. The number of nitrogens with zero attached hydrogens (tertiary/aromatic N) is 3. The highest BCUT2D eigenvalue weighted by Gasteiger charge is 2.23. The zero-order valence-corrected chi connectivity index (χ0v) is 14.9. The third-order valence-corrected chi connectivity index (χ3v) is 4.71. The summed E-state index contributed by atoms with van der Waals surface area (Å²) in [7, 11) is 1.90. The summed E-state index contributed by atoms with van der Waals surface area (Å²) < 4.78 is 7.63. The summed E-state index contributed by atoms with van der Waals surface area (Å²) in [4.78, 5) is 14.4. The highest BCUT2D eigenvalue weighted by Crippen LogP contribution is 2.15. The lowest BCUT2D eigenvalue weighted by Gasteiger charge is -2.33. The summed E-state index contributed by atoms with van der Waals surface area (Å²) in [6.45, 7) is 2.08. The number of morpholine rings is 1. The summed E-state index contributed by atoms with van der Waals surface area (Å²) in [5.41, 5.74) is 2.48. The van der Waals surface area contributed by atoms with Crippen LogP contribution >= 0.6 is 0 Å². The number of hydrogen-bond acceptors (Lipinski definition) is 3. The van der Waals surface area contributed by atoms with Gasteiger partial charge in [0.25, 0.3) is 0 Å². The maximum absolute atomic E-state index is 12.5. The molecule has 0 saturated carbocycles. The fourth-order valence-corrected chi connectivity index (χ4v) is 3.31. The molecule has 25 heavy (non-hydrogen) atoms. The topological polar surface area (TPSA) is 47.4 Å². The molecule has 1 aliphatic rings. The van der Waals surface area contributed by atoms with Crippen molar-refractivity contribution in [3.63, 3.8) is 0 Å². The van der Waals surface area contributed by atoms with Crippen molar-refractivity contribution >= 4 is 5.91 Å². The van der Waals surface area contributed by atoms with Crippen LogP contribution in [-0.4, -0.2) is 46.4 Å². The van der Waals surface area contributed by atoms with E-state index >= 15 is 0 Å². The van der Waals surface area contributed by atoms with Crippen LogP contribution in [0, 0.1) is 0 Å². The first-order chi connectivity index (χ1) is 12.2. The second-order valence-corrected chi connectivity index (χ2v) is 6.73. The SMILES string of the molecule is Cn1cc(CCC(=O)N2CCO[C@H](CCCc3ccccc3)C2)cn1. The Morgan fingerprint density at radius 3 is 2.84 bits per heavy atom. The Morgan fingerprint density at radius 1 is 1.24 bits per heavy atom. The highest BCUT2D eigenvalue weighted by molar-refractivity contribution is 5.76. The highest BCUT2D eigenvalue weighted by atomic mass is 16.5. The minimum atomic E-state index is 0.166. The van der Waals surface area contributed by atoms with Crippen molar-refractivity contribution in [2.45, 2.75) is 38.2 Å². The number of rotatable bonds is 7. The van der Waals surface area contributed by atoms with Crippen molar-refractivity contribution in [2.24, 2.45) is 7.05 Å². The molecule has 1 aromatic heterocycles. The van der Waals surface area contributed by atoms with Gasteiger partial charge in [-0.2, -0.15) is 5.10 Å². The van der Waals surface area contributed by atoms with E-state index in [1.807, 2.05) is 30.4 Å². The Bertz CT molecular complexity index is 669. The molecule has 0 bridgehead atoms. The van der Waals surface area contributed by atoms with E-state index in [2.05, 4.69) is 29.4 Å². The number of carbonyl (C=O) groups excluding carboxylic acids is 1. The second kappa shape index (κ2) is 8.81. The molecule has 5 nitrogen and oxygen atoms in total. The Hall–Kier alpha value is -2.14. The van der Waals surface area contributed by atoms with Crippen molar-refractivity contribution in [1.82, 2.24) is 14.7 Å². The molecule has 0 spiro atoms. The molecule has 134 valence electrons. The van der Waals surface area contributed by atoms with Crippen molar-refractivity contribution in [2.75, 3.05) is 19.7 Å². The van der Waals surface area contributed by atoms with Crippen molar-refractivity contribution in [3.05, 3.63) is 53.9 Å². The molecule has 1 aromatic carbocycles. The van der Waals surface area contributed by atoms with Crippen molar-refractivity contribution in [1.29, 1.82) is 0 Å². The molecular weight excluding hydrogens is 314 g/mol. The summed E-state index contributed by atoms with van der Waals surface area (Å²) in [6, 6.07) is 10.5. The summed E-state index contributed by atoms with van der Waals surface area (Å²) >= 11 is 0. The van der Waals surface area contributed by atoms with Gasteiger partial charge in [-0.15, -0.1) is 0 Å². The van der Waals surface area contributed by atoms with Gasteiger partial charge >= 0.3 is 0 Å². The quantitative estimate of drug-likeness (QED) is 0.778. The number of amides is 1. The van der Waals surface area contributed by atoms with Gasteiger partial charge in [-0.05, 0) is 36.8 Å². The molecule has 0 radical (unpaired) electrons. The van der Waals surface area contributed by atoms with E-state index in [1.54, 1.807) is 4.68 Å². The Balaban J connectivity index is 1.40. The maximum atomic E-state index is 12.5. The Morgan fingerprint density at radius 2 is 2.08 bits per heavy atom. The maximum Gasteiger partial charge on any atom is 0.223 e.